The number of hydrogen-bond donors (Lipinski definition) is 0. The zero-order valence-corrected chi connectivity index (χ0v) is 18.7. The van der Waals surface area contributed by atoms with Gasteiger partial charge in [0.1, 0.15) is 11.6 Å². The Kier molecular flexibility index (Phi) is 6.00. The van der Waals surface area contributed by atoms with Crippen molar-refractivity contribution in [2.75, 3.05) is 57.2 Å². The van der Waals surface area contributed by atoms with Crippen LogP contribution in [0, 0.1) is 20.8 Å². The highest BCUT2D eigenvalue weighted by Crippen LogP contribution is 2.28. The SMILES string of the molecule is COc1cc(C)c(S(=O)(=O)N2CCN(c3nc(C)cc(N(C)C)n3)CC2)cc1C. The van der Waals surface area contributed by atoms with Crippen LogP contribution in [0.2, 0.25) is 0 Å². The van der Waals surface area contributed by atoms with Gasteiger partial charge >= 0.3 is 0 Å². The van der Waals surface area contributed by atoms with Gasteiger partial charge in [-0.2, -0.15) is 9.29 Å². The summed E-state index contributed by atoms with van der Waals surface area (Å²) < 4.78 is 33.3. The Morgan fingerprint density at radius 3 is 2.21 bits per heavy atom. The van der Waals surface area contributed by atoms with Crippen molar-refractivity contribution in [3.05, 3.63) is 35.0 Å². The first-order chi connectivity index (χ1) is 13.6. The highest BCUT2D eigenvalue weighted by Gasteiger charge is 2.31. The molecule has 29 heavy (non-hydrogen) atoms. The van der Waals surface area contributed by atoms with Crippen LogP contribution >= 0.6 is 0 Å². The van der Waals surface area contributed by atoms with Crippen molar-refractivity contribution in [3.8, 4) is 5.75 Å². The molecule has 0 radical (unpaired) electrons. The van der Waals surface area contributed by atoms with Crippen LogP contribution in [0.4, 0.5) is 11.8 Å². The van der Waals surface area contributed by atoms with Crippen molar-refractivity contribution >= 4 is 21.8 Å². The average Bonchev–Trinajstić information content (AvgIpc) is 2.68. The third kappa shape index (κ3) is 4.30. The molecule has 1 aliphatic heterocycles. The standard InChI is InChI=1S/C20H29N5O3S/c1-14-12-18(15(2)11-17(14)28-6)29(26,27)25-9-7-24(8-10-25)20-21-16(3)13-19(22-20)23(4)5/h11-13H,7-10H2,1-6H3. The molecule has 1 fully saturated rings. The summed E-state index contributed by atoms with van der Waals surface area (Å²) in [5.74, 6) is 2.17. The molecular formula is C20H29N5O3S. The first kappa shape index (κ1) is 21.3. The summed E-state index contributed by atoms with van der Waals surface area (Å²) in [6.45, 7) is 7.46. The smallest absolute Gasteiger partial charge is 0.243 e. The molecule has 0 amide bonds. The van der Waals surface area contributed by atoms with Crippen LogP contribution in [0.1, 0.15) is 16.8 Å². The predicted octanol–water partition coefficient (Wildman–Crippen LogP) is 1.99. The van der Waals surface area contributed by atoms with E-state index in [2.05, 4.69) is 9.97 Å². The van der Waals surface area contributed by atoms with Gasteiger partial charge in [-0.25, -0.2) is 13.4 Å². The fraction of sp³-hybridized carbons (Fsp3) is 0.500. The Labute approximate surface area is 173 Å². The summed E-state index contributed by atoms with van der Waals surface area (Å²) in [6.07, 6.45) is 0. The highest BCUT2D eigenvalue weighted by atomic mass is 32.2. The van der Waals surface area contributed by atoms with Gasteiger partial charge in [0.25, 0.3) is 0 Å². The maximum Gasteiger partial charge on any atom is 0.243 e. The summed E-state index contributed by atoms with van der Waals surface area (Å²) in [4.78, 5) is 13.5. The molecule has 0 saturated carbocycles. The lowest BCUT2D eigenvalue weighted by atomic mass is 10.1. The summed E-state index contributed by atoms with van der Waals surface area (Å²) in [5, 5.41) is 0. The van der Waals surface area contributed by atoms with E-state index in [4.69, 9.17) is 4.74 Å². The van der Waals surface area contributed by atoms with Crippen LogP contribution in [0.25, 0.3) is 0 Å². The lowest BCUT2D eigenvalue weighted by Gasteiger charge is -2.34. The van der Waals surface area contributed by atoms with Gasteiger partial charge in [-0.05, 0) is 44.0 Å². The molecule has 0 N–H and O–H groups in total. The number of aromatic nitrogens is 2. The van der Waals surface area contributed by atoms with E-state index < -0.39 is 10.0 Å². The van der Waals surface area contributed by atoms with Crippen LogP contribution in [0.15, 0.2) is 23.1 Å². The van der Waals surface area contributed by atoms with Gasteiger partial charge in [-0.1, -0.05) is 0 Å². The van der Waals surface area contributed by atoms with E-state index in [0.717, 1.165) is 17.1 Å². The molecular weight excluding hydrogens is 390 g/mol. The molecule has 0 aliphatic carbocycles. The van der Waals surface area contributed by atoms with Gasteiger partial charge < -0.3 is 14.5 Å². The second kappa shape index (κ2) is 8.16. The molecule has 1 saturated heterocycles. The average molecular weight is 420 g/mol. The Morgan fingerprint density at radius 2 is 1.62 bits per heavy atom. The van der Waals surface area contributed by atoms with E-state index in [1.807, 2.05) is 43.8 Å². The zero-order chi connectivity index (χ0) is 21.3. The lowest BCUT2D eigenvalue weighted by molar-refractivity contribution is 0.382. The van der Waals surface area contributed by atoms with Crippen molar-refractivity contribution < 1.29 is 13.2 Å². The zero-order valence-electron chi connectivity index (χ0n) is 17.9. The Balaban J connectivity index is 1.79. The number of anilines is 2. The number of hydrogen-bond acceptors (Lipinski definition) is 7. The summed E-state index contributed by atoms with van der Waals surface area (Å²) >= 11 is 0. The predicted molar refractivity (Wildman–Crippen MR) is 115 cm³/mol. The van der Waals surface area contributed by atoms with E-state index in [-0.39, 0.29) is 0 Å². The van der Waals surface area contributed by atoms with Gasteiger partial charge in [0.15, 0.2) is 0 Å². The van der Waals surface area contributed by atoms with E-state index in [1.165, 1.54) is 0 Å². The number of benzene rings is 1. The van der Waals surface area contributed by atoms with Crippen LogP contribution in [0.5, 0.6) is 5.75 Å². The van der Waals surface area contributed by atoms with Crippen LogP contribution in [-0.4, -0.2) is 70.1 Å². The van der Waals surface area contributed by atoms with E-state index in [9.17, 15) is 8.42 Å². The molecule has 9 heteroatoms. The molecule has 0 atom stereocenters. The van der Waals surface area contributed by atoms with Crippen molar-refractivity contribution in [1.82, 2.24) is 14.3 Å². The number of sulfonamides is 1. The number of aryl methyl sites for hydroxylation is 3. The summed E-state index contributed by atoms with van der Waals surface area (Å²) in [7, 11) is 1.89. The van der Waals surface area contributed by atoms with Crippen molar-refractivity contribution in [3.63, 3.8) is 0 Å². The van der Waals surface area contributed by atoms with Gasteiger partial charge in [-0.3, -0.25) is 0 Å². The monoisotopic (exact) mass is 419 g/mol. The highest BCUT2D eigenvalue weighted by molar-refractivity contribution is 7.89. The van der Waals surface area contributed by atoms with Gasteiger partial charge in [0.2, 0.25) is 16.0 Å². The fourth-order valence-electron chi connectivity index (χ4n) is 3.44. The second-order valence-electron chi connectivity index (χ2n) is 7.54. The number of nitrogens with zero attached hydrogens (tertiary/aromatic N) is 5. The largest absolute Gasteiger partial charge is 0.496 e. The minimum Gasteiger partial charge on any atom is -0.496 e. The minimum atomic E-state index is -3.57. The maximum absolute atomic E-state index is 13.2. The summed E-state index contributed by atoms with van der Waals surface area (Å²) in [6, 6.07) is 5.41. The molecule has 0 unspecified atom stereocenters. The number of piperazine rings is 1. The third-order valence-corrected chi connectivity index (χ3v) is 7.16. The normalized spacial score (nSPS) is 15.4. The van der Waals surface area contributed by atoms with Gasteiger partial charge in [-0.15, -0.1) is 0 Å². The number of methoxy groups -OCH3 is 1. The van der Waals surface area contributed by atoms with Crippen LogP contribution < -0.4 is 14.5 Å². The number of ether oxygens (including phenoxy) is 1. The van der Waals surface area contributed by atoms with E-state index in [0.29, 0.717) is 48.3 Å². The molecule has 1 aliphatic rings. The topological polar surface area (TPSA) is 78.9 Å². The van der Waals surface area contributed by atoms with Gasteiger partial charge in [0, 0.05) is 52.0 Å². The molecule has 158 valence electrons. The fourth-order valence-corrected chi connectivity index (χ4v) is 5.15. The molecule has 8 nitrogen and oxygen atoms in total. The Morgan fingerprint density at radius 1 is 0.966 bits per heavy atom. The van der Waals surface area contributed by atoms with Crippen LogP contribution in [-0.2, 0) is 10.0 Å². The Bertz CT molecular complexity index is 999. The lowest BCUT2D eigenvalue weighted by Crippen LogP contribution is -2.49. The van der Waals surface area contributed by atoms with Crippen molar-refractivity contribution in [2.24, 2.45) is 0 Å². The van der Waals surface area contributed by atoms with Crippen LogP contribution in [0.3, 0.4) is 0 Å². The molecule has 1 aromatic carbocycles. The summed E-state index contributed by atoms with van der Waals surface area (Å²) in [5.41, 5.74) is 2.38. The van der Waals surface area contributed by atoms with Gasteiger partial charge in [0.05, 0.1) is 12.0 Å². The molecule has 3 rings (SSSR count). The minimum absolute atomic E-state index is 0.339. The molecule has 2 aromatic rings. The molecule has 0 bridgehead atoms. The first-order valence-electron chi connectivity index (χ1n) is 9.57. The molecule has 1 aromatic heterocycles. The number of rotatable bonds is 5. The van der Waals surface area contributed by atoms with Crippen molar-refractivity contribution in [1.29, 1.82) is 0 Å². The maximum atomic E-state index is 13.2. The van der Waals surface area contributed by atoms with E-state index >= 15 is 0 Å². The van der Waals surface area contributed by atoms with E-state index in [1.54, 1.807) is 30.5 Å². The second-order valence-corrected chi connectivity index (χ2v) is 9.45. The Hall–Kier alpha value is -2.39. The first-order valence-corrected chi connectivity index (χ1v) is 11.0. The molecule has 0 spiro atoms. The molecule has 2 heterocycles. The third-order valence-electron chi connectivity index (χ3n) is 5.12. The quantitative estimate of drug-likeness (QED) is 0.733. The van der Waals surface area contributed by atoms with Crippen molar-refractivity contribution in [2.45, 2.75) is 25.7 Å².